The molecular formula is C13H11BrO2S. The average Bonchev–Trinajstić information content (AvgIpc) is 2.33. The van der Waals surface area contributed by atoms with Crippen LogP contribution in [0.3, 0.4) is 0 Å². The van der Waals surface area contributed by atoms with E-state index in [0.29, 0.717) is 10.6 Å². The summed E-state index contributed by atoms with van der Waals surface area (Å²) in [4.78, 5) is 0.665. The van der Waals surface area contributed by atoms with Crippen LogP contribution in [-0.4, -0.2) is 4.21 Å². The fraction of sp³-hybridized carbons (Fsp3) is 0.0769. The molecule has 0 spiro atoms. The van der Waals surface area contributed by atoms with Crippen molar-refractivity contribution >= 4 is 27.0 Å². The maximum absolute atomic E-state index is 11.9. The maximum atomic E-state index is 11.9. The Morgan fingerprint density at radius 3 is 2.18 bits per heavy atom. The van der Waals surface area contributed by atoms with Crippen molar-refractivity contribution in [1.82, 2.24) is 0 Å². The van der Waals surface area contributed by atoms with Gasteiger partial charge < -0.3 is 4.18 Å². The van der Waals surface area contributed by atoms with Crippen molar-refractivity contribution < 1.29 is 8.39 Å². The van der Waals surface area contributed by atoms with Crippen LogP contribution in [0, 0.1) is 6.92 Å². The molecule has 0 aromatic heterocycles. The molecule has 2 rings (SSSR count). The van der Waals surface area contributed by atoms with E-state index in [-0.39, 0.29) is 0 Å². The highest BCUT2D eigenvalue weighted by Gasteiger charge is 2.05. The first-order valence-electron chi connectivity index (χ1n) is 5.07. The third-order valence-corrected chi connectivity index (χ3v) is 3.73. The summed E-state index contributed by atoms with van der Waals surface area (Å²) in [6.45, 7) is 1.99. The fourth-order valence-corrected chi connectivity index (χ4v) is 2.28. The molecule has 0 aliphatic carbocycles. The summed E-state index contributed by atoms with van der Waals surface area (Å²) < 4.78 is 18.2. The molecule has 0 heterocycles. The van der Waals surface area contributed by atoms with Crippen LogP contribution in [-0.2, 0) is 11.1 Å². The Balaban J connectivity index is 2.11. The van der Waals surface area contributed by atoms with Crippen molar-refractivity contribution in [2.24, 2.45) is 0 Å². The van der Waals surface area contributed by atoms with Gasteiger partial charge in [-0.05, 0) is 43.3 Å². The van der Waals surface area contributed by atoms with Crippen molar-refractivity contribution in [1.29, 1.82) is 0 Å². The standard InChI is InChI=1S/C13H11BrO2S/c1-10-2-8-13(9-3-10)17(15)16-12-6-4-11(14)5-7-12/h2-9H,1H3. The van der Waals surface area contributed by atoms with Gasteiger partial charge in [-0.2, -0.15) is 0 Å². The Morgan fingerprint density at radius 2 is 1.59 bits per heavy atom. The molecule has 0 saturated heterocycles. The van der Waals surface area contributed by atoms with Gasteiger partial charge in [-0.3, -0.25) is 0 Å². The molecule has 0 saturated carbocycles. The van der Waals surface area contributed by atoms with Crippen LogP contribution < -0.4 is 4.18 Å². The van der Waals surface area contributed by atoms with Crippen LogP contribution >= 0.6 is 15.9 Å². The minimum absolute atomic E-state index is 0.590. The summed E-state index contributed by atoms with van der Waals surface area (Å²) in [7, 11) is 0. The van der Waals surface area contributed by atoms with Gasteiger partial charge in [0.15, 0.2) is 0 Å². The smallest absolute Gasteiger partial charge is 0.240 e. The topological polar surface area (TPSA) is 26.3 Å². The number of rotatable bonds is 3. The highest BCUT2D eigenvalue weighted by atomic mass is 79.9. The Bertz CT molecular complexity index is 520. The molecule has 0 amide bonds. The molecule has 2 nitrogen and oxygen atoms in total. The lowest BCUT2D eigenvalue weighted by atomic mass is 10.2. The van der Waals surface area contributed by atoms with Crippen molar-refractivity contribution in [3.8, 4) is 5.75 Å². The highest BCUT2D eigenvalue weighted by molar-refractivity contribution is 9.10. The Kier molecular flexibility index (Phi) is 3.97. The van der Waals surface area contributed by atoms with Crippen molar-refractivity contribution in [2.45, 2.75) is 11.8 Å². The van der Waals surface area contributed by atoms with Crippen LogP contribution in [0.2, 0.25) is 0 Å². The van der Waals surface area contributed by atoms with Gasteiger partial charge in [0.1, 0.15) is 5.75 Å². The van der Waals surface area contributed by atoms with E-state index in [1.165, 1.54) is 0 Å². The van der Waals surface area contributed by atoms with E-state index in [4.69, 9.17) is 4.18 Å². The molecular weight excluding hydrogens is 300 g/mol. The van der Waals surface area contributed by atoms with E-state index < -0.39 is 11.1 Å². The second-order valence-corrected chi connectivity index (χ2v) is 5.61. The summed E-state index contributed by atoms with van der Waals surface area (Å²) in [6, 6.07) is 14.7. The molecule has 4 heteroatoms. The highest BCUT2D eigenvalue weighted by Crippen LogP contribution is 2.19. The van der Waals surface area contributed by atoms with Gasteiger partial charge >= 0.3 is 0 Å². The lowest BCUT2D eigenvalue weighted by Gasteiger charge is -2.05. The minimum atomic E-state index is -1.46. The summed E-state index contributed by atoms with van der Waals surface area (Å²) in [5.74, 6) is 0.590. The molecule has 17 heavy (non-hydrogen) atoms. The lowest BCUT2D eigenvalue weighted by Crippen LogP contribution is -2.00. The van der Waals surface area contributed by atoms with Gasteiger partial charge in [-0.1, -0.05) is 33.6 Å². The Morgan fingerprint density at radius 1 is 1.00 bits per heavy atom. The molecule has 0 fully saturated rings. The molecule has 0 aliphatic rings. The lowest BCUT2D eigenvalue weighted by molar-refractivity contribution is 0.562. The average molecular weight is 311 g/mol. The first-order valence-corrected chi connectivity index (χ1v) is 6.94. The van der Waals surface area contributed by atoms with Gasteiger partial charge in [0.2, 0.25) is 11.1 Å². The van der Waals surface area contributed by atoms with E-state index in [1.807, 2.05) is 43.3 Å². The second kappa shape index (κ2) is 5.47. The maximum Gasteiger partial charge on any atom is 0.240 e. The zero-order valence-electron chi connectivity index (χ0n) is 9.22. The number of aryl methyl sites for hydroxylation is 1. The van der Waals surface area contributed by atoms with Gasteiger partial charge in [0, 0.05) is 4.47 Å². The predicted octanol–water partition coefficient (Wildman–Crippen LogP) is 3.86. The number of halogens is 1. The number of hydrogen-bond acceptors (Lipinski definition) is 2. The molecule has 2 aromatic rings. The van der Waals surface area contributed by atoms with Gasteiger partial charge in [0.25, 0.3) is 0 Å². The van der Waals surface area contributed by atoms with Gasteiger partial charge in [-0.15, -0.1) is 0 Å². The van der Waals surface area contributed by atoms with Crippen LogP contribution in [0.1, 0.15) is 5.56 Å². The third kappa shape index (κ3) is 3.41. The summed E-state index contributed by atoms with van der Waals surface area (Å²) in [5.41, 5.74) is 1.13. The molecule has 0 aliphatic heterocycles. The van der Waals surface area contributed by atoms with E-state index in [0.717, 1.165) is 10.0 Å². The summed E-state index contributed by atoms with van der Waals surface area (Å²) in [5, 5.41) is 0. The van der Waals surface area contributed by atoms with E-state index >= 15 is 0 Å². The minimum Gasteiger partial charge on any atom is -0.397 e. The van der Waals surface area contributed by atoms with E-state index in [1.54, 1.807) is 12.1 Å². The monoisotopic (exact) mass is 310 g/mol. The predicted molar refractivity (Wildman–Crippen MR) is 72.4 cm³/mol. The van der Waals surface area contributed by atoms with Crippen LogP contribution in [0.5, 0.6) is 5.75 Å². The van der Waals surface area contributed by atoms with Crippen LogP contribution in [0.15, 0.2) is 57.9 Å². The number of hydrogen-bond donors (Lipinski definition) is 0. The van der Waals surface area contributed by atoms with Gasteiger partial charge in [0.05, 0.1) is 4.90 Å². The van der Waals surface area contributed by atoms with Crippen LogP contribution in [0.4, 0.5) is 0 Å². The molecule has 1 atom stereocenters. The quantitative estimate of drug-likeness (QED) is 0.860. The van der Waals surface area contributed by atoms with Crippen LogP contribution in [0.25, 0.3) is 0 Å². The normalized spacial score (nSPS) is 12.1. The molecule has 1 unspecified atom stereocenters. The Hall–Kier alpha value is -1.13. The zero-order chi connectivity index (χ0) is 12.3. The molecule has 2 aromatic carbocycles. The molecule has 88 valence electrons. The summed E-state index contributed by atoms with van der Waals surface area (Å²) >= 11 is 1.87. The Labute approximate surface area is 111 Å². The first kappa shape index (κ1) is 12.3. The van der Waals surface area contributed by atoms with Crippen molar-refractivity contribution in [2.75, 3.05) is 0 Å². The van der Waals surface area contributed by atoms with Crippen molar-refractivity contribution in [3.63, 3.8) is 0 Å². The zero-order valence-corrected chi connectivity index (χ0v) is 11.6. The first-order chi connectivity index (χ1) is 8.15. The molecule has 0 radical (unpaired) electrons. The van der Waals surface area contributed by atoms with E-state index in [2.05, 4.69) is 15.9 Å². The number of benzene rings is 2. The SMILES string of the molecule is Cc1ccc(S(=O)Oc2ccc(Br)cc2)cc1. The summed E-state index contributed by atoms with van der Waals surface area (Å²) in [6.07, 6.45) is 0. The molecule has 0 bridgehead atoms. The largest absolute Gasteiger partial charge is 0.397 e. The van der Waals surface area contributed by atoms with E-state index in [9.17, 15) is 4.21 Å². The third-order valence-electron chi connectivity index (χ3n) is 2.20. The second-order valence-electron chi connectivity index (χ2n) is 3.59. The molecule has 0 N–H and O–H groups in total. The fourth-order valence-electron chi connectivity index (χ4n) is 1.28. The van der Waals surface area contributed by atoms with Gasteiger partial charge in [-0.25, -0.2) is 4.21 Å². The van der Waals surface area contributed by atoms with Crippen molar-refractivity contribution in [3.05, 3.63) is 58.6 Å².